The van der Waals surface area contributed by atoms with Gasteiger partial charge in [0.15, 0.2) is 11.6 Å². The van der Waals surface area contributed by atoms with E-state index in [0.717, 1.165) is 16.4 Å². The lowest BCUT2D eigenvalue weighted by atomic mass is 10.1. The van der Waals surface area contributed by atoms with Crippen LogP contribution in [0, 0.1) is 18.6 Å². The minimum atomic E-state index is -3.97. The van der Waals surface area contributed by atoms with Gasteiger partial charge in [-0.3, -0.25) is 4.79 Å². The summed E-state index contributed by atoms with van der Waals surface area (Å²) >= 11 is 0. The fourth-order valence-corrected chi connectivity index (χ4v) is 4.44. The molecule has 1 amide bonds. The van der Waals surface area contributed by atoms with Gasteiger partial charge in [-0.2, -0.15) is 4.31 Å². The number of aryl methyl sites for hydroxylation is 2. The van der Waals surface area contributed by atoms with Gasteiger partial charge in [-0.05, 0) is 31.5 Å². The maximum absolute atomic E-state index is 13.4. The van der Waals surface area contributed by atoms with Crippen LogP contribution in [0.25, 0.3) is 0 Å². The van der Waals surface area contributed by atoms with E-state index in [4.69, 9.17) is 4.52 Å². The number of hydrogen-bond acceptors (Lipinski definition) is 5. The first-order chi connectivity index (χ1) is 12.8. The van der Waals surface area contributed by atoms with Gasteiger partial charge < -0.3 is 9.42 Å². The van der Waals surface area contributed by atoms with E-state index in [9.17, 15) is 22.0 Å². The molecule has 1 aliphatic heterocycles. The van der Waals surface area contributed by atoms with E-state index in [2.05, 4.69) is 5.16 Å². The lowest BCUT2D eigenvalue weighted by Gasteiger charge is -2.34. The largest absolute Gasteiger partial charge is 0.361 e. The Morgan fingerprint density at radius 3 is 2.44 bits per heavy atom. The molecule has 2 aromatic rings. The third kappa shape index (κ3) is 3.59. The van der Waals surface area contributed by atoms with Crippen LogP contribution in [0.2, 0.25) is 0 Å². The van der Waals surface area contributed by atoms with Crippen molar-refractivity contribution in [2.75, 3.05) is 26.2 Å². The summed E-state index contributed by atoms with van der Waals surface area (Å²) in [5.74, 6) is -2.16. The number of piperazine rings is 1. The highest BCUT2D eigenvalue weighted by molar-refractivity contribution is 7.89. The molecular formula is C17H19F2N3O4S. The molecular weight excluding hydrogens is 380 g/mol. The monoisotopic (exact) mass is 399 g/mol. The summed E-state index contributed by atoms with van der Waals surface area (Å²) in [7, 11) is -3.97. The van der Waals surface area contributed by atoms with Crippen LogP contribution in [0.3, 0.4) is 0 Å². The van der Waals surface area contributed by atoms with Gasteiger partial charge in [0.2, 0.25) is 10.0 Å². The van der Waals surface area contributed by atoms with Gasteiger partial charge in [0.1, 0.15) is 11.3 Å². The molecule has 27 heavy (non-hydrogen) atoms. The number of hydrogen-bond donors (Lipinski definition) is 0. The molecule has 0 bridgehead atoms. The number of amides is 1. The Bertz CT molecular complexity index is 967. The molecule has 3 rings (SSSR count). The third-order valence-electron chi connectivity index (χ3n) is 4.54. The van der Waals surface area contributed by atoms with Gasteiger partial charge in [-0.15, -0.1) is 0 Å². The van der Waals surface area contributed by atoms with Gasteiger partial charge in [0, 0.05) is 26.2 Å². The number of sulfonamides is 1. The second-order valence-corrected chi connectivity index (χ2v) is 8.12. The predicted molar refractivity (Wildman–Crippen MR) is 91.6 cm³/mol. The molecule has 1 aromatic heterocycles. The van der Waals surface area contributed by atoms with Crippen LogP contribution in [-0.4, -0.2) is 54.9 Å². The zero-order valence-corrected chi connectivity index (χ0v) is 15.7. The van der Waals surface area contributed by atoms with E-state index in [1.807, 2.05) is 6.92 Å². The fourth-order valence-electron chi connectivity index (χ4n) is 3.01. The maximum Gasteiger partial charge on any atom is 0.259 e. The average molecular weight is 399 g/mol. The van der Waals surface area contributed by atoms with Crippen molar-refractivity contribution in [1.82, 2.24) is 14.4 Å². The highest BCUT2D eigenvalue weighted by Gasteiger charge is 2.32. The Kier molecular flexibility index (Phi) is 5.29. The second kappa shape index (κ2) is 7.35. The zero-order valence-electron chi connectivity index (χ0n) is 14.9. The Morgan fingerprint density at radius 2 is 1.85 bits per heavy atom. The molecule has 10 heteroatoms. The SMILES string of the molecule is CCc1noc(C)c1C(=O)N1CCN(S(=O)(=O)c2ccc(F)c(F)c2)CC1. The van der Waals surface area contributed by atoms with Crippen molar-refractivity contribution in [3.05, 3.63) is 46.9 Å². The molecule has 0 atom stereocenters. The van der Waals surface area contributed by atoms with Crippen LogP contribution >= 0.6 is 0 Å². The van der Waals surface area contributed by atoms with Crippen LogP contribution in [0.5, 0.6) is 0 Å². The van der Waals surface area contributed by atoms with Gasteiger partial charge in [0.25, 0.3) is 5.91 Å². The molecule has 2 heterocycles. The van der Waals surface area contributed by atoms with Crippen molar-refractivity contribution < 1.29 is 26.5 Å². The third-order valence-corrected chi connectivity index (χ3v) is 6.43. The standard InChI is InChI=1S/C17H19F2N3O4S/c1-3-15-16(11(2)26-20-15)17(23)21-6-8-22(9-7-21)27(24,25)12-4-5-13(18)14(19)10-12/h4-5,10H,3,6-9H2,1-2H3. The molecule has 1 aromatic carbocycles. The summed E-state index contributed by atoms with van der Waals surface area (Å²) in [6.45, 7) is 3.98. The predicted octanol–water partition coefficient (Wildman–Crippen LogP) is 1.97. The number of carbonyl (C=O) groups excluding carboxylic acids is 1. The van der Waals surface area contributed by atoms with Crippen LogP contribution < -0.4 is 0 Å². The lowest BCUT2D eigenvalue weighted by Crippen LogP contribution is -2.50. The molecule has 7 nitrogen and oxygen atoms in total. The number of rotatable bonds is 4. The number of aromatic nitrogens is 1. The number of nitrogens with zero attached hydrogens (tertiary/aromatic N) is 3. The normalized spacial score (nSPS) is 15.9. The van der Waals surface area contributed by atoms with Crippen molar-refractivity contribution >= 4 is 15.9 Å². The van der Waals surface area contributed by atoms with E-state index >= 15 is 0 Å². The summed E-state index contributed by atoms with van der Waals surface area (Å²) in [4.78, 5) is 14.0. The topological polar surface area (TPSA) is 83.7 Å². The molecule has 1 saturated heterocycles. The molecule has 1 aliphatic rings. The van der Waals surface area contributed by atoms with Crippen LogP contribution in [0.4, 0.5) is 8.78 Å². The average Bonchev–Trinajstić information content (AvgIpc) is 3.04. The summed E-state index contributed by atoms with van der Waals surface area (Å²) in [6, 6.07) is 2.47. The quantitative estimate of drug-likeness (QED) is 0.785. The van der Waals surface area contributed by atoms with Gasteiger partial charge in [-0.1, -0.05) is 12.1 Å². The summed E-state index contributed by atoms with van der Waals surface area (Å²) < 4.78 is 57.9. The van der Waals surface area contributed by atoms with Crippen molar-refractivity contribution in [1.29, 1.82) is 0 Å². The number of benzene rings is 1. The van der Waals surface area contributed by atoms with Gasteiger partial charge in [0.05, 0.1) is 10.6 Å². The van der Waals surface area contributed by atoms with E-state index < -0.39 is 21.7 Å². The van der Waals surface area contributed by atoms with Crippen molar-refractivity contribution in [3.8, 4) is 0 Å². The Hall–Kier alpha value is -2.33. The van der Waals surface area contributed by atoms with Crippen LogP contribution in [-0.2, 0) is 16.4 Å². The Morgan fingerprint density at radius 1 is 1.19 bits per heavy atom. The Labute approximate surface area is 155 Å². The van der Waals surface area contributed by atoms with Gasteiger partial charge >= 0.3 is 0 Å². The highest BCUT2D eigenvalue weighted by Crippen LogP contribution is 2.22. The first kappa shape index (κ1) is 19.4. The first-order valence-corrected chi connectivity index (χ1v) is 9.89. The van der Waals surface area contributed by atoms with E-state index in [-0.39, 0.29) is 37.0 Å². The number of carbonyl (C=O) groups is 1. The Balaban J connectivity index is 1.74. The van der Waals surface area contributed by atoms with Crippen molar-refractivity contribution in [2.24, 2.45) is 0 Å². The zero-order chi connectivity index (χ0) is 19.8. The molecule has 0 spiro atoms. The van der Waals surface area contributed by atoms with Crippen molar-refractivity contribution in [2.45, 2.75) is 25.2 Å². The molecule has 0 saturated carbocycles. The maximum atomic E-state index is 13.4. The summed E-state index contributed by atoms with van der Waals surface area (Å²) in [6.07, 6.45) is 0.545. The number of halogens is 2. The lowest BCUT2D eigenvalue weighted by molar-refractivity contribution is 0.0695. The highest BCUT2D eigenvalue weighted by atomic mass is 32.2. The summed E-state index contributed by atoms with van der Waals surface area (Å²) in [5.41, 5.74) is 0.976. The van der Waals surface area contributed by atoms with E-state index in [0.29, 0.717) is 29.5 Å². The van der Waals surface area contributed by atoms with Crippen LogP contribution in [0.1, 0.15) is 28.7 Å². The van der Waals surface area contributed by atoms with Crippen LogP contribution in [0.15, 0.2) is 27.6 Å². The van der Waals surface area contributed by atoms with E-state index in [1.54, 1.807) is 6.92 Å². The second-order valence-electron chi connectivity index (χ2n) is 6.19. The fraction of sp³-hybridized carbons (Fsp3) is 0.412. The minimum absolute atomic E-state index is 0.0544. The summed E-state index contributed by atoms with van der Waals surface area (Å²) in [5, 5.41) is 3.86. The molecule has 1 fully saturated rings. The molecule has 0 N–H and O–H groups in total. The molecule has 0 unspecified atom stereocenters. The molecule has 0 aliphatic carbocycles. The van der Waals surface area contributed by atoms with Gasteiger partial charge in [-0.25, -0.2) is 17.2 Å². The van der Waals surface area contributed by atoms with Crippen molar-refractivity contribution in [3.63, 3.8) is 0 Å². The van der Waals surface area contributed by atoms with E-state index in [1.165, 1.54) is 4.90 Å². The molecule has 146 valence electrons. The smallest absolute Gasteiger partial charge is 0.259 e. The minimum Gasteiger partial charge on any atom is -0.361 e. The molecule has 0 radical (unpaired) electrons. The first-order valence-electron chi connectivity index (χ1n) is 8.45.